The summed E-state index contributed by atoms with van der Waals surface area (Å²) >= 11 is 0. The molecule has 0 aromatic heterocycles. The number of piperidine rings is 1. The van der Waals surface area contributed by atoms with E-state index in [0.717, 1.165) is 24.7 Å². The average Bonchev–Trinajstić information content (AvgIpc) is 2.64. The van der Waals surface area contributed by atoms with E-state index in [1.165, 1.54) is 32.1 Å². The third-order valence-electron chi connectivity index (χ3n) is 4.43. The highest BCUT2D eigenvalue weighted by Gasteiger charge is 2.36. The molecule has 0 saturated carbocycles. The summed E-state index contributed by atoms with van der Waals surface area (Å²) in [5.74, 6) is 0. The molecule has 2 heterocycles. The van der Waals surface area contributed by atoms with Gasteiger partial charge in [-0.15, -0.1) is 0 Å². The maximum Gasteiger partial charge on any atom is 0.0617 e. The highest BCUT2D eigenvalue weighted by Crippen LogP contribution is 2.30. The summed E-state index contributed by atoms with van der Waals surface area (Å²) in [7, 11) is 4.09. The lowest BCUT2D eigenvalue weighted by Gasteiger charge is -2.39. The van der Waals surface area contributed by atoms with E-state index >= 15 is 0 Å². The van der Waals surface area contributed by atoms with E-state index in [1.807, 2.05) is 7.11 Å². The van der Waals surface area contributed by atoms with Crippen molar-refractivity contribution in [3.05, 3.63) is 0 Å². The van der Waals surface area contributed by atoms with Crippen LogP contribution in [0.3, 0.4) is 0 Å². The summed E-state index contributed by atoms with van der Waals surface area (Å²) in [6, 6.07) is 2.92. The van der Waals surface area contributed by atoms with Gasteiger partial charge in [-0.2, -0.15) is 0 Å². The molecular formula is C13H26N2O. The van der Waals surface area contributed by atoms with E-state index < -0.39 is 0 Å². The SMILES string of the molecule is CCC(COC)N(C)C1CC2CCC(C1)N2. The molecule has 3 atom stereocenters. The van der Waals surface area contributed by atoms with Gasteiger partial charge in [0.25, 0.3) is 0 Å². The number of nitrogens with zero attached hydrogens (tertiary/aromatic N) is 1. The lowest BCUT2D eigenvalue weighted by molar-refractivity contribution is 0.0597. The van der Waals surface area contributed by atoms with Gasteiger partial charge >= 0.3 is 0 Å². The molecule has 2 aliphatic rings. The third-order valence-corrected chi connectivity index (χ3v) is 4.43. The second-order valence-corrected chi connectivity index (χ2v) is 5.45. The lowest BCUT2D eigenvalue weighted by Crippen LogP contribution is -2.50. The van der Waals surface area contributed by atoms with Crippen molar-refractivity contribution in [1.82, 2.24) is 10.2 Å². The maximum atomic E-state index is 5.32. The van der Waals surface area contributed by atoms with Gasteiger partial charge in [0.05, 0.1) is 6.61 Å². The summed E-state index contributed by atoms with van der Waals surface area (Å²) in [4.78, 5) is 2.57. The molecule has 2 aliphatic heterocycles. The number of hydrogen-bond acceptors (Lipinski definition) is 3. The molecular weight excluding hydrogens is 200 g/mol. The number of methoxy groups -OCH3 is 1. The quantitative estimate of drug-likeness (QED) is 0.771. The Hall–Kier alpha value is -0.120. The zero-order valence-electron chi connectivity index (χ0n) is 10.9. The van der Waals surface area contributed by atoms with E-state index in [0.29, 0.717) is 6.04 Å². The predicted molar refractivity (Wildman–Crippen MR) is 66.7 cm³/mol. The van der Waals surface area contributed by atoms with Crippen LogP contribution in [0.25, 0.3) is 0 Å². The molecule has 2 fully saturated rings. The molecule has 3 unspecified atom stereocenters. The lowest BCUT2D eigenvalue weighted by atomic mass is 9.97. The summed E-state index contributed by atoms with van der Waals surface area (Å²) in [5, 5.41) is 3.71. The Labute approximate surface area is 99.5 Å². The van der Waals surface area contributed by atoms with Gasteiger partial charge < -0.3 is 10.1 Å². The largest absolute Gasteiger partial charge is 0.383 e. The molecule has 0 aromatic carbocycles. The van der Waals surface area contributed by atoms with Crippen LogP contribution in [0.1, 0.15) is 39.0 Å². The van der Waals surface area contributed by atoms with Crippen LogP contribution in [0.15, 0.2) is 0 Å². The Morgan fingerprint density at radius 2 is 1.94 bits per heavy atom. The van der Waals surface area contributed by atoms with Crippen LogP contribution >= 0.6 is 0 Å². The molecule has 3 heteroatoms. The van der Waals surface area contributed by atoms with Crippen LogP contribution in [0.5, 0.6) is 0 Å². The van der Waals surface area contributed by atoms with Crippen molar-refractivity contribution in [2.24, 2.45) is 0 Å². The topological polar surface area (TPSA) is 24.5 Å². The van der Waals surface area contributed by atoms with Gasteiger partial charge in [-0.1, -0.05) is 6.92 Å². The van der Waals surface area contributed by atoms with Crippen LogP contribution in [0.2, 0.25) is 0 Å². The molecule has 2 saturated heterocycles. The molecule has 1 N–H and O–H groups in total. The van der Waals surface area contributed by atoms with Gasteiger partial charge in [0.1, 0.15) is 0 Å². The molecule has 2 bridgehead atoms. The first-order chi connectivity index (χ1) is 7.74. The average molecular weight is 226 g/mol. The van der Waals surface area contributed by atoms with Crippen molar-refractivity contribution >= 4 is 0 Å². The van der Waals surface area contributed by atoms with Crippen molar-refractivity contribution in [2.45, 2.75) is 63.2 Å². The van der Waals surface area contributed by atoms with Crippen molar-refractivity contribution in [2.75, 3.05) is 20.8 Å². The van der Waals surface area contributed by atoms with Crippen LogP contribution < -0.4 is 5.32 Å². The van der Waals surface area contributed by atoms with Crippen LogP contribution in [0, 0.1) is 0 Å². The van der Waals surface area contributed by atoms with Crippen molar-refractivity contribution in [3.8, 4) is 0 Å². The van der Waals surface area contributed by atoms with Crippen LogP contribution in [-0.4, -0.2) is 49.8 Å². The van der Waals surface area contributed by atoms with Crippen molar-refractivity contribution in [3.63, 3.8) is 0 Å². The summed E-state index contributed by atoms with van der Waals surface area (Å²) in [5.41, 5.74) is 0. The molecule has 3 nitrogen and oxygen atoms in total. The van der Waals surface area contributed by atoms with Crippen LogP contribution in [0.4, 0.5) is 0 Å². The predicted octanol–water partition coefficient (Wildman–Crippen LogP) is 1.63. The van der Waals surface area contributed by atoms with E-state index in [-0.39, 0.29) is 0 Å². The normalized spacial score (nSPS) is 35.6. The zero-order valence-corrected chi connectivity index (χ0v) is 10.9. The van der Waals surface area contributed by atoms with Gasteiger partial charge in [0.2, 0.25) is 0 Å². The van der Waals surface area contributed by atoms with Gasteiger partial charge in [0.15, 0.2) is 0 Å². The Balaban J connectivity index is 1.90. The molecule has 0 aliphatic carbocycles. The molecule has 0 spiro atoms. The first-order valence-electron chi connectivity index (χ1n) is 6.71. The molecule has 16 heavy (non-hydrogen) atoms. The molecule has 2 rings (SSSR count). The minimum atomic E-state index is 0.590. The fourth-order valence-corrected chi connectivity index (χ4v) is 3.37. The van der Waals surface area contributed by atoms with E-state index in [9.17, 15) is 0 Å². The fourth-order valence-electron chi connectivity index (χ4n) is 3.37. The molecule has 0 radical (unpaired) electrons. The maximum absolute atomic E-state index is 5.32. The zero-order chi connectivity index (χ0) is 11.5. The number of likely N-dealkylation sites (N-methyl/N-ethyl adjacent to an activating group) is 1. The second kappa shape index (κ2) is 5.48. The minimum absolute atomic E-state index is 0.590. The minimum Gasteiger partial charge on any atom is -0.383 e. The van der Waals surface area contributed by atoms with Gasteiger partial charge in [0, 0.05) is 31.3 Å². The van der Waals surface area contributed by atoms with E-state index in [2.05, 4.69) is 24.2 Å². The smallest absolute Gasteiger partial charge is 0.0617 e. The highest BCUT2D eigenvalue weighted by molar-refractivity contribution is 4.96. The Bertz CT molecular complexity index is 210. The first-order valence-corrected chi connectivity index (χ1v) is 6.71. The standard InChI is InChI=1S/C13H26N2O/c1-4-12(9-16-3)15(2)13-7-10-5-6-11(8-13)14-10/h10-14H,4-9H2,1-3H3. The van der Waals surface area contributed by atoms with Crippen molar-refractivity contribution < 1.29 is 4.74 Å². The molecule has 0 aromatic rings. The molecule has 94 valence electrons. The number of ether oxygens (including phenoxy) is 1. The summed E-state index contributed by atoms with van der Waals surface area (Å²) in [6.45, 7) is 3.13. The first kappa shape index (κ1) is 12.3. The number of rotatable bonds is 5. The molecule has 0 amide bonds. The van der Waals surface area contributed by atoms with E-state index in [1.54, 1.807) is 0 Å². The van der Waals surface area contributed by atoms with Gasteiger partial charge in [-0.3, -0.25) is 4.90 Å². The fraction of sp³-hybridized carbons (Fsp3) is 1.00. The van der Waals surface area contributed by atoms with E-state index in [4.69, 9.17) is 4.74 Å². The Morgan fingerprint density at radius 1 is 1.31 bits per heavy atom. The third kappa shape index (κ3) is 2.58. The van der Waals surface area contributed by atoms with Gasteiger partial charge in [-0.05, 0) is 39.2 Å². The van der Waals surface area contributed by atoms with Crippen LogP contribution in [-0.2, 0) is 4.74 Å². The number of hydrogen-bond donors (Lipinski definition) is 1. The number of nitrogens with one attached hydrogen (secondary N) is 1. The highest BCUT2D eigenvalue weighted by atomic mass is 16.5. The van der Waals surface area contributed by atoms with Gasteiger partial charge in [-0.25, -0.2) is 0 Å². The Kier molecular flexibility index (Phi) is 4.22. The number of fused-ring (bicyclic) bond motifs is 2. The second-order valence-electron chi connectivity index (χ2n) is 5.45. The van der Waals surface area contributed by atoms with Crippen molar-refractivity contribution in [1.29, 1.82) is 0 Å². The monoisotopic (exact) mass is 226 g/mol. The Morgan fingerprint density at radius 3 is 2.44 bits per heavy atom. The summed E-state index contributed by atoms with van der Waals surface area (Å²) < 4.78 is 5.32. The summed E-state index contributed by atoms with van der Waals surface area (Å²) in [6.07, 6.45) is 6.61.